The lowest BCUT2D eigenvalue weighted by Crippen LogP contribution is -2.17. The Morgan fingerprint density at radius 3 is 2.18 bits per heavy atom. The van der Waals surface area contributed by atoms with Gasteiger partial charge in [0.15, 0.2) is 5.15 Å². The number of aromatic nitrogens is 2. The van der Waals surface area contributed by atoms with Crippen LogP contribution in [0.2, 0.25) is 15.2 Å². The molecule has 0 aliphatic heterocycles. The van der Waals surface area contributed by atoms with Crippen LogP contribution in [0.4, 0.5) is 19.0 Å². The van der Waals surface area contributed by atoms with Crippen LogP contribution in [0.15, 0.2) is 12.1 Å². The minimum absolute atomic E-state index is 0.0289. The van der Waals surface area contributed by atoms with Gasteiger partial charge in [0.25, 0.3) is 0 Å². The van der Waals surface area contributed by atoms with Gasteiger partial charge in [-0.2, -0.15) is 10.4 Å². The van der Waals surface area contributed by atoms with Crippen molar-refractivity contribution >= 4 is 40.6 Å². The average Bonchev–Trinajstić information content (AvgIpc) is 2.61. The fraction of sp³-hybridized carbons (Fsp3) is 0.0909. The molecule has 0 radical (unpaired) electrons. The Labute approximate surface area is 136 Å². The number of halogens is 6. The van der Waals surface area contributed by atoms with E-state index in [9.17, 15) is 13.2 Å². The molecule has 5 nitrogen and oxygen atoms in total. The molecular formula is C11H4Cl3F3N4O. The number of nitriles is 1. The molecule has 0 saturated carbocycles. The van der Waals surface area contributed by atoms with Crippen LogP contribution in [-0.4, -0.2) is 16.1 Å². The predicted octanol–water partition coefficient (Wildman–Crippen LogP) is 4.18. The molecule has 116 valence electrons. The first-order valence-corrected chi connectivity index (χ1v) is 6.46. The van der Waals surface area contributed by atoms with Gasteiger partial charge >= 0.3 is 6.36 Å². The van der Waals surface area contributed by atoms with Gasteiger partial charge in [0.2, 0.25) is 0 Å². The summed E-state index contributed by atoms with van der Waals surface area (Å²) in [6, 6.07) is 3.51. The van der Waals surface area contributed by atoms with Crippen LogP contribution in [0.3, 0.4) is 0 Å². The topological polar surface area (TPSA) is 76.9 Å². The number of benzene rings is 1. The van der Waals surface area contributed by atoms with Gasteiger partial charge in [-0.1, -0.05) is 34.8 Å². The van der Waals surface area contributed by atoms with E-state index in [1.54, 1.807) is 6.07 Å². The molecule has 0 fully saturated rings. The van der Waals surface area contributed by atoms with Crippen molar-refractivity contribution in [2.75, 3.05) is 5.73 Å². The van der Waals surface area contributed by atoms with Crippen molar-refractivity contribution in [1.29, 1.82) is 5.26 Å². The second-order valence-electron chi connectivity index (χ2n) is 3.86. The maximum Gasteiger partial charge on any atom is 0.573 e. The Hall–Kier alpha value is -1.82. The van der Waals surface area contributed by atoms with E-state index in [1.807, 2.05) is 0 Å². The number of anilines is 1. The molecule has 0 unspecified atom stereocenters. The van der Waals surface area contributed by atoms with E-state index in [4.69, 9.17) is 45.8 Å². The third-order valence-corrected chi connectivity index (χ3v) is 3.27. The summed E-state index contributed by atoms with van der Waals surface area (Å²) in [6.45, 7) is 0. The fourth-order valence-electron chi connectivity index (χ4n) is 1.61. The largest absolute Gasteiger partial charge is 0.573 e. The van der Waals surface area contributed by atoms with Crippen molar-refractivity contribution in [2.45, 2.75) is 6.36 Å². The van der Waals surface area contributed by atoms with Gasteiger partial charge in [-0.15, -0.1) is 13.2 Å². The Morgan fingerprint density at radius 1 is 1.23 bits per heavy atom. The molecule has 0 bridgehead atoms. The normalized spacial score (nSPS) is 11.3. The molecule has 0 spiro atoms. The van der Waals surface area contributed by atoms with Gasteiger partial charge in [0.1, 0.15) is 28.9 Å². The quantitative estimate of drug-likeness (QED) is 0.859. The lowest BCUT2D eigenvalue weighted by molar-refractivity contribution is -0.274. The molecule has 11 heteroatoms. The molecule has 2 aromatic rings. The number of nitrogens with zero attached hydrogens (tertiary/aromatic N) is 3. The SMILES string of the molecule is N#Cc1c(Cl)nn(-c2c(Cl)cc(OC(F)(F)F)cc2Cl)c1N. The molecule has 1 aromatic carbocycles. The Kier molecular flexibility index (Phi) is 4.33. The molecule has 1 heterocycles. The fourth-order valence-corrected chi connectivity index (χ4v) is 2.46. The second kappa shape index (κ2) is 5.76. The van der Waals surface area contributed by atoms with E-state index in [2.05, 4.69) is 9.84 Å². The van der Waals surface area contributed by atoms with Crippen LogP contribution in [0.25, 0.3) is 5.69 Å². The monoisotopic (exact) mass is 370 g/mol. The van der Waals surface area contributed by atoms with Gasteiger partial charge in [-0.05, 0) is 0 Å². The summed E-state index contributed by atoms with van der Waals surface area (Å²) >= 11 is 17.5. The van der Waals surface area contributed by atoms with Crippen molar-refractivity contribution < 1.29 is 17.9 Å². The zero-order chi connectivity index (χ0) is 16.7. The standard InChI is InChI=1S/C11H4Cl3F3N4O/c12-6-1-4(22-11(15,16)17)2-7(13)8(6)21-10(19)5(3-18)9(14)20-21/h1-2H,19H2. The maximum absolute atomic E-state index is 12.2. The summed E-state index contributed by atoms with van der Waals surface area (Å²) in [7, 11) is 0. The lowest BCUT2D eigenvalue weighted by Gasteiger charge is -2.13. The van der Waals surface area contributed by atoms with Crippen molar-refractivity contribution in [3.05, 3.63) is 32.9 Å². The summed E-state index contributed by atoms with van der Waals surface area (Å²) in [6.07, 6.45) is -4.89. The number of alkyl halides is 3. The molecule has 0 amide bonds. The number of hydrogen-bond acceptors (Lipinski definition) is 4. The molecule has 0 atom stereocenters. The number of ether oxygens (including phenoxy) is 1. The first-order chi connectivity index (χ1) is 10.1. The van der Waals surface area contributed by atoms with E-state index in [0.29, 0.717) is 0 Å². The predicted molar refractivity (Wildman–Crippen MR) is 74.4 cm³/mol. The van der Waals surface area contributed by atoms with Crippen LogP contribution < -0.4 is 10.5 Å². The van der Waals surface area contributed by atoms with E-state index >= 15 is 0 Å². The average molecular weight is 372 g/mol. The molecule has 2 rings (SSSR count). The minimum Gasteiger partial charge on any atom is -0.406 e. The summed E-state index contributed by atoms with van der Waals surface area (Å²) in [5, 5.41) is 12.0. The van der Waals surface area contributed by atoms with Crippen LogP contribution in [0.5, 0.6) is 5.75 Å². The van der Waals surface area contributed by atoms with Crippen molar-refractivity contribution in [1.82, 2.24) is 9.78 Å². The smallest absolute Gasteiger partial charge is 0.406 e. The van der Waals surface area contributed by atoms with Gasteiger partial charge in [-0.25, -0.2) is 4.68 Å². The Bertz CT molecular complexity index is 759. The molecule has 2 N–H and O–H groups in total. The zero-order valence-corrected chi connectivity index (χ0v) is 12.5. The lowest BCUT2D eigenvalue weighted by atomic mass is 10.3. The summed E-state index contributed by atoms with van der Waals surface area (Å²) < 4.78 is 41.3. The van der Waals surface area contributed by atoms with Gasteiger partial charge in [-0.3, -0.25) is 0 Å². The first kappa shape index (κ1) is 16.5. The van der Waals surface area contributed by atoms with Crippen LogP contribution >= 0.6 is 34.8 Å². The van der Waals surface area contributed by atoms with E-state index in [0.717, 1.165) is 16.8 Å². The van der Waals surface area contributed by atoms with Gasteiger partial charge in [0, 0.05) is 12.1 Å². The number of hydrogen-bond donors (Lipinski definition) is 1. The number of nitrogen functional groups attached to an aromatic ring is 1. The maximum atomic E-state index is 12.2. The van der Waals surface area contributed by atoms with Gasteiger partial charge < -0.3 is 10.5 Å². The third kappa shape index (κ3) is 3.16. The highest BCUT2D eigenvalue weighted by molar-refractivity contribution is 6.38. The summed E-state index contributed by atoms with van der Waals surface area (Å²) in [4.78, 5) is 0. The van der Waals surface area contributed by atoms with E-state index in [1.165, 1.54) is 0 Å². The summed E-state index contributed by atoms with van der Waals surface area (Å²) in [5.41, 5.74) is 5.55. The molecule has 22 heavy (non-hydrogen) atoms. The molecule has 0 aliphatic rings. The number of rotatable bonds is 2. The molecule has 0 aliphatic carbocycles. The highest BCUT2D eigenvalue weighted by Gasteiger charge is 2.32. The minimum atomic E-state index is -4.89. The van der Waals surface area contributed by atoms with Crippen LogP contribution in [0.1, 0.15) is 5.56 Å². The summed E-state index contributed by atoms with van der Waals surface area (Å²) in [5.74, 6) is -0.760. The second-order valence-corrected chi connectivity index (χ2v) is 5.03. The van der Waals surface area contributed by atoms with Crippen molar-refractivity contribution in [3.8, 4) is 17.5 Å². The van der Waals surface area contributed by atoms with Crippen LogP contribution in [0, 0.1) is 11.3 Å². The molecule has 1 aromatic heterocycles. The molecular weight excluding hydrogens is 368 g/mol. The van der Waals surface area contributed by atoms with E-state index < -0.39 is 12.1 Å². The van der Waals surface area contributed by atoms with E-state index in [-0.39, 0.29) is 32.3 Å². The first-order valence-electron chi connectivity index (χ1n) is 5.33. The van der Waals surface area contributed by atoms with Crippen molar-refractivity contribution in [3.63, 3.8) is 0 Å². The zero-order valence-electron chi connectivity index (χ0n) is 10.2. The highest BCUT2D eigenvalue weighted by atomic mass is 35.5. The Balaban J connectivity index is 2.57. The number of nitrogens with two attached hydrogens (primary N) is 1. The van der Waals surface area contributed by atoms with Crippen molar-refractivity contribution in [2.24, 2.45) is 0 Å². The van der Waals surface area contributed by atoms with Crippen LogP contribution in [-0.2, 0) is 0 Å². The third-order valence-electron chi connectivity index (χ3n) is 2.43. The van der Waals surface area contributed by atoms with Gasteiger partial charge in [0.05, 0.1) is 10.0 Å². The Morgan fingerprint density at radius 2 is 1.77 bits per heavy atom. The highest BCUT2D eigenvalue weighted by Crippen LogP contribution is 2.37. The molecule has 0 saturated heterocycles.